The number of aromatic nitrogens is 1. The van der Waals surface area contributed by atoms with Crippen LogP contribution in [0, 0.1) is 0 Å². The average molecular weight is 319 g/mol. The van der Waals surface area contributed by atoms with E-state index >= 15 is 0 Å². The Morgan fingerprint density at radius 3 is 2.80 bits per heavy atom. The van der Waals surface area contributed by atoms with Crippen molar-refractivity contribution in [1.82, 2.24) is 9.71 Å². The summed E-state index contributed by atoms with van der Waals surface area (Å²) in [5.41, 5.74) is 0. The molecule has 0 bridgehead atoms. The van der Waals surface area contributed by atoms with Crippen molar-refractivity contribution in [3.8, 4) is 0 Å². The van der Waals surface area contributed by atoms with Crippen LogP contribution in [0.2, 0.25) is 5.15 Å². The number of halogens is 1. The maximum absolute atomic E-state index is 12.0. The number of rotatable bonds is 6. The molecule has 0 radical (unpaired) electrons. The molecule has 0 aromatic carbocycles. The lowest BCUT2D eigenvalue weighted by Gasteiger charge is -2.22. The number of sulfonamides is 1. The van der Waals surface area contributed by atoms with Crippen molar-refractivity contribution in [2.45, 2.75) is 43.1 Å². The van der Waals surface area contributed by atoms with Gasteiger partial charge in [-0.3, -0.25) is 0 Å². The van der Waals surface area contributed by atoms with Gasteiger partial charge >= 0.3 is 0 Å². The van der Waals surface area contributed by atoms with Crippen LogP contribution in [0.25, 0.3) is 0 Å². The fraction of sp³-hybridized carbons (Fsp3) is 0.615. The molecule has 1 N–H and O–H groups in total. The standard InChI is InChI=1S/C13H19ClN2O3S/c14-13-12(7-4-8-15-13)20(17,18)16-9-10-19-11-5-2-1-3-6-11/h4,7-8,11,16H,1-3,5-6,9-10H2. The summed E-state index contributed by atoms with van der Waals surface area (Å²) in [4.78, 5) is 3.76. The van der Waals surface area contributed by atoms with E-state index in [9.17, 15) is 8.42 Å². The minimum absolute atomic E-state index is 0.000618. The molecule has 0 unspecified atom stereocenters. The van der Waals surface area contributed by atoms with Gasteiger partial charge in [0.1, 0.15) is 10.0 Å². The van der Waals surface area contributed by atoms with Gasteiger partial charge in [0, 0.05) is 12.7 Å². The maximum Gasteiger partial charge on any atom is 0.243 e. The zero-order valence-electron chi connectivity index (χ0n) is 11.2. The summed E-state index contributed by atoms with van der Waals surface area (Å²) in [7, 11) is -3.62. The minimum atomic E-state index is -3.62. The van der Waals surface area contributed by atoms with Gasteiger partial charge in [-0.15, -0.1) is 0 Å². The Morgan fingerprint density at radius 1 is 1.35 bits per heavy atom. The zero-order valence-corrected chi connectivity index (χ0v) is 12.8. The van der Waals surface area contributed by atoms with E-state index in [2.05, 4.69) is 9.71 Å². The van der Waals surface area contributed by atoms with Gasteiger partial charge in [0.25, 0.3) is 0 Å². The molecule has 0 amide bonds. The smallest absolute Gasteiger partial charge is 0.243 e. The van der Waals surface area contributed by atoms with E-state index in [1.807, 2.05) is 0 Å². The molecule has 7 heteroatoms. The van der Waals surface area contributed by atoms with Crippen LogP contribution in [0.15, 0.2) is 23.2 Å². The van der Waals surface area contributed by atoms with Gasteiger partial charge in [-0.1, -0.05) is 30.9 Å². The number of nitrogens with one attached hydrogen (secondary N) is 1. The number of nitrogens with zero attached hydrogens (tertiary/aromatic N) is 1. The van der Waals surface area contributed by atoms with E-state index in [0.717, 1.165) is 12.8 Å². The molecule has 0 spiro atoms. The van der Waals surface area contributed by atoms with E-state index in [1.165, 1.54) is 31.5 Å². The SMILES string of the molecule is O=S(=O)(NCCOC1CCCCC1)c1cccnc1Cl. The summed E-state index contributed by atoms with van der Waals surface area (Å²) in [5.74, 6) is 0. The second kappa shape index (κ2) is 7.36. The second-order valence-corrected chi connectivity index (χ2v) is 6.91. The third-order valence-electron chi connectivity index (χ3n) is 3.31. The Hall–Kier alpha value is -0.690. The molecule has 5 nitrogen and oxygen atoms in total. The molecule has 1 fully saturated rings. The van der Waals surface area contributed by atoms with Crippen molar-refractivity contribution in [1.29, 1.82) is 0 Å². The minimum Gasteiger partial charge on any atom is -0.377 e. The Bertz CT molecular complexity index is 530. The quantitative estimate of drug-likeness (QED) is 0.646. The molecule has 112 valence electrons. The zero-order chi connectivity index (χ0) is 14.4. The predicted octanol–water partition coefficient (Wildman–Crippen LogP) is 2.36. The van der Waals surface area contributed by atoms with E-state index in [1.54, 1.807) is 6.07 Å². The largest absolute Gasteiger partial charge is 0.377 e. The van der Waals surface area contributed by atoms with Gasteiger partial charge in [-0.05, 0) is 25.0 Å². The first kappa shape index (κ1) is 15.7. The molecule has 0 saturated heterocycles. The highest BCUT2D eigenvalue weighted by Gasteiger charge is 2.18. The first-order chi connectivity index (χ1) is 9.59. The van der Waals surface area contributed by atoms with Crippen molar-refractivity contribution in [2.24, 2.45) is 0 Å². The average Bonchev–Trinajstić information content (AvgIpc) is 2.45. The number of hydrogen-bond acceptors (Lipinski definition) is 4. The fourth-order valence-electron chi connectivity index (χ4n) is 2.28. The first-order valence-electron chi connectivity index (χ1n) is 6.81. The molecular formula is C13H19ClN2O3S. The summed E-state index contributed by atoms with van der Waals surface area (Å²) >= 11 is 5.78. The van der Waals surface area contributed by atoms with Gasteiger partial charge in [0.2, 0.25) is 10.0 Å². The van der Waals surface area contributed by atoms with Crippen molar-refractivity contribution in [3.05, 3.63) is 23.5 Å². The highest BCUT2D eigenvalue weighted by atomic mass is 35.5. The fourth-order valence-corrected chi connectivity index (χ4v) is 3.75. The predicted molar refractivity (Wildman–Crippen MR) is 77.3 cm³/mol. The summed E-state index contributed by atoms with van der Waals surface area (Å²) in [6, 6.07) is 2.97. The van der Waals surface area contributed by atoms with Crippen molar-refractivity contribution < 1.29 is 13.2 Å². The van der Waals surface area contributed by atoms with Gasteiger partial charge in [-0.25, -0.2) is 18.1 Å². The monoisotopic (exact) mass is 318 g/mol. The maximum atomic E-state index is 12.0. The van der Waals surface area contributed by atoms with Crippen molar-refractivity contribution >= 4 is 21.6 Å². The molecule has 1 aliphatic carbocycles. The molecule has 0 atom stereocenters. The molecule has 1 heterocycles. The Morgan fingerprint density at radius 2 is 2.10 bits per heavy atom. The van der Waals surface area contributed by atoms with E-state index < -0.39 is 10.0 Å². The van der Waals surface area contributed by atoms with Crippen LogP contribution in [0.1, 0.15) is 32.1 Å². The van der Waals surface area contributed by atoms with Gasteiger partial charge < -0.3 is 4.74 Å². The molecule has 1 aliphatic rings. The van der Waals surface area contributed by atoms with Crippen LogP contribution < -0.4 is 4.72 Å². The Kier molecular flexibility index (Phi) is 5.77. The topological polar surface area (TPSA) is 68.3 Å². The molecule has 1 saturated carbocycles. The van der Waals surface area contributed by atoms with Gasteiger partial charge in [0.15, 0.2) is 0 Å². The van der Waals surface area contributed by atoms with Crippen LogP contribution in [0.3, 0.4) is 0 Å². The van der Waals surface area contributed by atoms with Crippen LogP contribution in [0.4, 0.5) is 0 Å². The highest BCUT2D eigenvalue weighted by molar-refractivity contribution is 7.89. The number of hydrogen-bond donors (Lipinski definition) is 1. The van der Waals surface area contributed by atoms with Crippen LogP contribution in [0.5, 0.6) is 0 Å². The summed E-state index contributed by atoms with van der Waals surface area (Å²) < 4.78 is 32.2. The normalized spacial score (nSPS) is 17.2. The number of pyridine rings is 1. The molecule has 1 aromatic heterocycles. The Balaban J connectivity index is 1.79. The highest BCUT2D eigenvalue weighted by Crippen LogP contribution is 2.20. The molecule has 20 heavy (non-hydrogen) atoms. The third-order valence-corrected chi connectivity index (χ3v) is 5.22. The molecule has 0 aliphatic heterocycles. The lowest BCUT2D eigenvalue weighted by Crippen LogP contribution is -2.29. The summed E-state index contributed by atoms with van der Waals surface area (Å²) in [6.07, 6.45) is 7.53. The van der Waals surface area contributed by atoms with Crippen LogP contribution >= 0.6 is 11.6 Å². The summed E-state index contributed by atoms with van der Waals surface area (Å²) in [6.45, 7) is 0.617. The van der Waals surface area contributed by atoms with Crippen molar-refractivity contribution in [2.75, 3.05) is 13.2 Å². The van der Waals surface area contributed by atoms with Gasteiger partial charge in [-0.2, -0.15) is 0 Å². The third kappa shape index (κ3) is 4.41. The summed E-state index contributed by atoms with van der Waals surface area (Å²) in [5, 5.41) is -0.0202. The van der Waals surface area contributed by atoms with E-state index in [-0.39, 0.29) is 22.7 Å². The van der Waals surface area contributed by atoms with Crippen molar-refractivity contribution in [3.63, 3.8) is 0 Å². The Labute approximate surface area is 124 Å². The van der Waals surface area contributed by atoms with E-state index in [4.69, 9.17) is 16.3 Å². The molecular weight excluding hydrogens is 300 g/mol. The van der Waals surface area contributed by atoms with E-state index in [0.29, 0.717) is 6.61 Å². The lowest BCUT2D eigenvalue weighted by atomic mass is 9.98. The molecule has 2 rings (SSSR count). The van der Waals surface area contributed by atoms with Crippen LogP contribution in [-0.4, -0.2) is 32.7 Å². The second-order valence-electron chi connectivity index (χ2n) is 4.82. The number of ether oxygens (including phenoxy) is 1. The first-order valence-corrected chi connectivity index (χ1v) is 8.67. The lowest BCUT2D eigenvalue weighted by molar-refractivity contribution is 0.0321. The van der Waals surface area contributed by atoms with Crippen LogP contribution in [-0.2, 0) is 14.8 Å². The molecule has 1 aromatic rings. The van der Waals surface area contributed by atoms with Gasteiger partial charge in [0.05, 0.1) is 12.7 Å².